The molecule has 0 bridgehead atoms. The van der Waals surface area contributed by atoms with Crippen molar-refractivity contribution in [2.45, 2.75) is 49.7 Å². The number of benzene rings is 1. The first-order valence-electron chi connectivity index (χ1n) is 7.62. The third kappa shape index (κ3) is 3.89. The van der Waals surface area contributed by atoms with Gasteiger partial charge in [-0.05, 0) is 32.0 Å². The van der Waals surface area contributed by atoms with Gasteiger partial charge >= 0.3 is 0 Å². The largest absolute Gasteiger partial charge is 0.299 e. The van der Waals surface area contributed by atoms with Crippen molar-refractivity contribution in [3.8, 4) is 0 Å². The van der Waals surface area contributed by atoms with Crippen LogP contribution >= 0.6 is 22.9 Å². The van der Waals surface area contributed by atoms with Crippen LogP contribution in [0.4, 0.5) is 9.52 Å². The average molecular weight is 420 g/mol. The first-order valence-corrected chi connectivity index (χ1v) is 10.3. The van der Waals surface area contributed by atoms with Gasteiger partial charge in [-0.3, -0.25) is 10.1 Å². The van der Waals surface area contributed by atoms with Gasteiger partial charge in [0, 0.05) is 10.4 Å². The molecule has 6 nitrogen and oxygen atoms in total. The highest BCUT2D eigenvalue weighted by atomic mass is 35.5. The van der Waals surface area contributed by atoms with Crippen molar-refractivity contribution >= 4 is 43.8 Å². The minimum atomic E-state index is -4.32. The van der Waals surface area contributed by atoms with Gasteiger partial charge in [-0.2, -0.15) is 0 Å². The summed E-state index contributed by atoms with van der Waals surface area (Å²) >= 11 is 6.82. The SMILES string of the molecule is CC(C)(C)c1nnc(NC(=O)C(C)(C)S(=O)(=O)c2ccc(Cl)cc2F)s1. The van der Waals surface area contributed by atoms with Gasteiger partial charge in [-0.25, -0.2) is 12.8 Å². The van der Waals surface area contributed by atoms with E-state index in [4.69, 9.17) is 11.6 Å². The molecule has 1 heterocycles. The molecule has 0 saturated carbocycles. The Morgan fingerprint density at radius 2 is 1.81 bits per heavy atom. The number of anilines is 1. The normalized spacial score (nSPS) is 12.9. The van der Waals surface area contributed by atoms with Crippen molar-refractivity contribution in [3.63, 3.8) is 0 Å². The molecule has 0 unspecified atom stereocenters. The Balaban J connectivity index is 2.33. The van der Waals surface area contributed by atoms with E-state index in [0.29, 0.717) is 5.01 Å². The summed E-state index contributed by atoms with van der Waals surface area (Å²) in [6.07, 6.45) is 0. The molecule has 0 spiro atoms. The van der Waals surface area contributed by atoms with Crippen LogP contribution in [-0.4, -0.2) is 29.3 Å². The van der Waals surface area contributed by atoms with Crippen LogP contribution in [0.5, 0.6) is 0 Å². The molecule has 0 aliphatic rings. The topological polar surface area (TPSA) is 89.0 Å². The molecule has 0 radical (unpaired) electrons. The number of hydrogen-bond donors (Lipinski definition) is 1. The summed E-state index contributed by atoms with van der Waals surface area (Å²) in [5, 5.41) is 11.3. The Kier molecular flexibility index (Phi) is 5.47. The molecule has 1 N–H and O–H groups in total. The molecule has 10 heteroatoms. The Morgan fingerprint density at radius 1 is 1.19 bits per heavy atom. The first kappa shape index (κ1) is 20.7. The van der Waals surface area contributed by atoms with E-state index < -0.39 is 31.2 Å². The lowest BCUT2D eigenvalue weighted by atomic mass is 9.98. The Labute approximate surface area is 160 Å². The fraction of sp³-hybridized carbons (Fsp3) is 0.438. The van der Waals surface area contributed by atoms with Gasteiger partial charge in [0.25, 0.3) is 0 Å². The van der Waals surface area contributed by atoms with Crippen molar-refractivity contribution in [1.82, 2.24) is 10.2 Å². The summed E-state index contributed by atoms with van der Waals surface area (Å²) < 4.78 is 37.8. The quantitative estimate of drug-likeness (QED) is 0.813. The van der Waals surface area contributed by atoms with Crippen LogP contribution in [0.3, 0.4) is 0 Å². The molecule has 2 rings (SSSR count). The molecule has 1 aromatic heterocycles. The second kappa shape index (κ2) is 6.86. The highest BCUT2D eigenvalue weighted by Gasteiger charge is 2.44. The lowest BCUT2D eigenvalue weighted by molar-refractivity contribution is -0.117. The molecular formula is C16H19ClFN3O3S2. The Hall–Kier alpha value is -1.58. The van der Waals surface area contributed by atoms with Crippen LogP contribution in [-0.2, 0) is 20.0 Å². The minimum Gasteiger partial charge on any atom is -0.299 e. The molecule has 2 aromatic rings. The highest BCUT2D eigenvalue weighted by molar-refractivity contribution is 7.93. The van der Waals surface area contributed by atoms with Crippen LogP contribution in [0, 0.1) is 5.82 Å². The monoisotopic (exact) mass is 419 g/mol. The number of carbonyl (C=O) groups is 1. The van der Waals surface area contributed by atoms with Crippen molar-refractivity contribution in [2.24, 2.45) is 0 Å². The van der Waals surface area contributed by atoms with Crippen LogP contribution in [0.2, 0.25) is 5.02 Å². The maximum Gasteiger partial charge on any atom is 0.247 e. The lowest BCUT2D eigenvalue weighted by Gasteiger charge is -2.23. The zero-order chi connectivity index (χ0) is 19.9. The van der Waals surface area contributed by atoms with Crippen LogP contribution in [0.1, 0.15) is 39.6 Å². The van der Waals surface area contributed by atoms with Gasteiger partial charge < -0.3 is 0 Å². The third-order valence-corrected chi connectivity index (χ3v) is 7.63. The van der Waals surface area contributed by atoms with E-state index >= 15 is 0 Å². The van der Waals surface area contributed by atoms with E-state index in [0.717, 1.165) is 23.5 Å². The number of rotatable bonds is 4. The number of halogens is 2. The number of sulfone groups is 1. The van der Waals surface area contributed by atoms with E-state index in [-0.39, 0.29) is 15.6 Å². The maximum absolute atomic E-state index is 14.1. The Bertz CT molecular complexity index is 950. The van der Waals surface area contributed by atoms with Crippen molar-refractivity contribution in [1.29, 1.82) is 0 Å². The fourth-order valence-electron chi connectivity index (χ4n) is 1.91. The van der Waals surface area contributed by atoms with E-state index in [1.807, 2.05) is 20.8 Å². The highest BCUT2D eigenvalue weighted by Crippen LogP contribution is 2.32. The summed E-state index contributed by atoms with van der Waals surface area (Å²) in [4.78, 5) is 12.0. The molecule has 0 atom stereocenters. The summed E-state index contributed by atoms with van der Waals surface area (Å²) in [5.74, 6) is -1.84. The molecule has 0 aliphatic heterocycles. The second-order valence-corrected chi connectivity index (χ2v) is 11.1. The van der Waals surface area contributed by atoms with E-state index in [9.17, 15) is 17.6 Å². The number of carbonyl (C=O) groups excluding carboxylic acids is 1. The van der Waals surface area contributed by atoms with Gasteiger partial charge in [0.1, 0.15) is 20.5 Å². The van der Waals surface area contributed by atoms with Gasteiger partial charge in [-0.1, -0.05) is 43.7 Å². The fourth-order valence-corrected chi connectivity index (χ4v) is 4.28. The summed E-state index contributed by atoms with van der Waals surface area (Å²) in [5.41, 5.74) is -0.255. The summed E-state index contributed by atoms with van der Waals surface area (Å²) in [6, 6.07) is 3.19. The smallest absolute Gasteiger partial charge is 0.247 e. The third-order valence-electron chi connectivity index (χ3n) is 3.69. The molecule has 142 valence electrons. The zero-order valence-electron chi connectivity index (χ0n) is 14.9. The number of hydrogen-bond acceptors (Lipinski definition) is 6. The average Bonchev–Trinajstić information content (AvgIpc) is 2.95. The number of aromatic nitrogens is 2. The second-order valence-electron chi connectivity index (χ2n) is 7.20. The summed E-state index contributed by atoms with van der Waals surface area (Å²) in [7, 11) is -4.32. The number of nitrogens with one attached hydrogen (secondary N) is 1. The molecule has 1 aromatic carbocycles. The van der Waals surface area contributed by atoms with Crippen LogP contribution in [0.15, 0.2) is 23.1 Å². The minimum absolute atomic E-state index is 0.0623. The van der Waals surface area contributed by atoms with Crippen molar-refractivity contribution in [2.75, 3.05) is 5.32 Å². The first-order chi connectivity index (χ1) is 11.8. The molecule has 0 fully saturated rings. The van der Waals surface area contributed by atoms with E-state index in [1.165, 1.54) is 19.9 Å². The van der Waals surface area contributed by atoms with Gasteiger partial charge in [0.2, 0.25) is 11.0 Å². The standard InChI is InChI=1S/C16H19ClFN3O3S2/c1-15(2,3)13-20-21-14(25-13)19-12(22)16(4,5)26(23,24)11-7-6-9(17)8-10(11)18/h6-8H,1-5H3,(H,19,21,22). The molecule has 1 amide bonds. The van der Waals surface area contributed by atoms with Gasteiger partial charge in [-0.15, -0.1) is 10.2 Å². The zero-order valence-corrected chi connectivity index (χ0v) is 17.3. The molecule has 0 aliphatic carbocycles. The number of amides is 1. The van der Waals surface area contributed by atoms with Crippen molar-refractivity contribution in [3.05, 3.63) is 34.0 Å². The van der Waals surface area contributed by atoms with Crippen LogP contribution in [0.25, 0.3) is 0 Å². The van der Waals surface area contributed by atoms with Gasteiger partial charge in [0.15, 0.2) is 9.84 Å². The van der Waals surface area contributed by atoms with E-state index in [1.54, 1.807) is 0 Å². The molecule has 26 heavy (non-hydrogen) atoms. The van der Waals surface area contributed by atoms with Crippen molar-refractivity contribution < 1.29 is 17.6 Å². The lowest BCUT2D eigenvalue weighted by Crippen LogP contribution is -2.44. The van der Waals surface area contributed by atoms with E-state index in [2.05, 4.69) is 15.5 Å². The van der Waals surface area contributed by atoms with Gasteiger partial charge in [0.05, 0.1) is 0 Å². The predicted molar refractivity (Wildman–Crippen MR) is 99.9 cm³/mol. The molecule has 0 saturated heterocycles. The Morgan fingerprint density at radius 3 is 2.31 bits per heavy atom. The number of nitrogens with zero attached hydrogens (tertiary/aromatic N) is 2. The maximum atomic E-state index is 14.1. The van der Waals surface area contributed by atoms with Crippen LogP contribution < -0.4 is 5.32 Å². The molecular weight excluding hydrogens is 401 g/mol. The predicted octanol–water partition coefficient (Wildman–Crippen LogP) is 3.82. The summed E-state index contributed by atoms with van der Waals surface area (Å²) in [6.45, 7) is 8.24.